The number of hydrogen-bond donors (Lipinski definition) is 2. The molecule has 0 saturated carbocycles. The van der Waals surface area contributed by atoms with E-state index in [-0.39, 0.29) is 11.5 Å². The van der Waals surface area contributed by atoms with Crippen molar-refractivity contribution >= 4 is 25.8 Å². The van der Waals surface area contributed by atoms with Crippen LogP contribution in [0.3, 0.4) is 0 Å². The fraction of sp³-hybridized carbons (Fsp3) is 0.417. The van der Waals surface area contributed by atoms with Gasteiger partial charge in [-0.1, -0.05) is 18.2 Å². The van der Waals surface area contributed by atoms with Gasteiger partial charge < -0.3 is 9.84 Å². The maximum absolute atomic E-state index is 12.2. The molecule has 0 saturated heterocycles. The minimum absolute atomic E-state index is 0.103. The van der Waals surface area contributed by atoms with Gasteiger partial charge in [0.2, 0.25) is 15.1 Å². The van der Waals surface area contributed by atoms with Crippen LogP contribution in [0.15, 0.2) is 23.1 Å². The van der Waals surface area contributed by atoms with E-state index in [4.69, 9.17) is 0 Å². The van der Waals surface area contributed by atoms with Crippen molar-refractivity contribution in [2.24, 2.45) is 0 Å². The zero-order valence-electron chi connectivity index (χ0n) is 11.4. The normalized spacial score (nSPS) is 13.0. The Balaban J connectivity index is 2.84. The zero-order chi connectivity index (χ0) is 15.3. The maximum Gasteiger partial charge on any atom is 0.351 e. The van der Waals surface area contributed by atoms with E-state index in [1.54, 1.807) is 39.0 Å². The topological polar surface area (TPSA) is 92.7 Å². The first-order valence-electron chi connectivity index (χ1n) is 5.89. The number of aliphatic hydroxyl groups excluding tert-OH is 1. The van der Waals surface area contributed by atoms with Gasteiger partial charge in [-0.05, 0) is 31.9 Å². The van der Waals surface area contributed by atoms with Crippen molar-refractivity contribution in [3.05, 3.63) is 29.3 Å². The summed E-state index contributed by atoms with van der Waals surface area (Å²) in [5.41, 5.74) is 1.20. The van der Waals surface area contributed by atoms with Crippen molar-refractivity contribution in [3.8, 4) is 0 Å². The quantitative estimate of drug-likeness (QED) is 0.351. The van der Waals surface area contributed by atoms with Crippen LogP contribution in [0.25, 0.3) is 0 Å². The largest absolute Gasteiger partial charge is 0.463 e. The molecule has 0 heterocycles. The molecule has 0 aromatic heterocycles. The van der Waals surface area contributed by atoms with Crippen LogP contribution in [-0.4, -0.2) is 32.3 Å². The summed E-state index contributed by atoms with van der Waals surface area (Å²) in [7, 11) is -3.43. The Morgan fingerprint density at radius 2 is 1.95 bits per heavy atom. The van der Waals surface area contributed by atoms with Gasteiger partial charge in [-0.2, -0.15) is 0 Å². The summed E-state index contributed by atoms with van der Waals surface area (Å²) in [6.07, 6.45) is -1.70. The van der Waals surface area contributed by atoms with E-state index in [1.165, 1.54) is 0 Å². The lowest BCUT2D eigenvalue weighted by Gasteiger charge is -2.13. The lowest BCUT2D eigenvalue weighted by Crippen LogP contribution is -2.34. The Morgan fingerprint density at radius 3 is 2.45 bits per heavy atom. The Kier molecular flexibility index (Phi) is 6.00. The van der Waals surface area contributed by atoms with Gasteiger partial charge in [0, 0.05) is 0 Å². The van der Waals surface area contributed by atoms with Gasteiger partial charge in [-0.3, -0.25) is 0 Å². The molecule has 0 aliphatic heterocycles. The number of ether oxygens (including phenoxy) is 1. The summed E-state index contributed by atoms with van der Waals surface area (Å²) < 4.78 is 31.1. The van der Waals surface area contributed by atoms with E-state index in [2.05, 4.69) is 9.46 Å². The number of rotatable bonds is 6. The number of benzene rings is 1. The van der Waals surface area contributed by atoms with E-state index < -0.39 is 21.1 Å². The molecule has 1 aromatic carbocycles. The molecule has 0 fully saturated rings. The van der Waals surface area contributed by atoms with Gasteiger partial charge >= 0.3 is 5.97 Å². The number of esters is 1. The van der Waals surface area contributed by atoms with Crippen LogP contribution in [0.5, 0.6) is 0 Å². The summed E-state index contributed by atoms with van der Waals surface area (Å²) in [6, 6.07) is 5.12. The average molecular weight is 319 g/mol. The molecule has 112 valence electrons. The van der Waals surface area contributed by atoms with Gasteiger partial charge in [-0.15, -0.1) is 0 Å². The first-order valence-corrected chi connectivity index (χ1v) is 8.71. The first-order chi connectivity index (χ1) is 9.29. The fourth-order valence-electron chi connectivity index (χ4n) is 1.61. The van der Waals surface area contributed by atoms with Crippen LogP contribution in [0.1, 0.15) is 18.1 Å². The van der Waals surface area contributed by atoms with Crippen molar-refractivity contribution in [2.45, 2.75) is 31.9 Å². The van der Waals surface area contributed by atoms with Crippen LogP contribution >= 0.6 is 11.0 Å². The van der Waals surface area contributed by atoms with Crippen LogP contribution < -0.4 is 4.72 Å². The Hall–Kier alpha value is -1.09. The molecule has 1 rings (SSSR count). The molecule has 1 aromatic rings. The Morgan fingerprint density at radius 1 is 1.40 bits per heavy atom. The first kappa shape index (κ1) is 17.0. The molecule has 0 radical (unpaired) electrons. The molecule has 8 heteroatoms. The summed E-state index contributed by atoms with van der Waals surface area (Å²) in [5.74, 6) is -0.920. The molecular weight excluding hydrogens is 302 g/mol. The lowest BCUT2D eigenvalue weighted by atomic mass is 10.2. The highest BCUT2D eigenvalue weighted by Gasteiger charge is 2.24. The smallest absolute Gasteiger partial charge is 0.351 e. The predicted molar refractivity (Wildman–Crippen MR) is 76.5 cm³/mol. The van der Waals surface area contributed by atoms with E-state index in [0.29, 0.717) is 22.1 Å². The Labute approximate surface area is 122 Å². The molecule has 0 amide bonds. The molecule has 0 aliphatic carbocycles. The van der Waals surface area contributed by atoms with E-state index in [9.17, 15) is 18.3 Å². The van der Waals surface area contributed by atoms with E-state index in [0.717, 1.165) is 0 Å². The van der Waals surface area contributed by atoms with Gasteiger partial charge in [0.1, 0.15) is 0 Å². The molecule has 0 aliphatic rings. The van der Waals surface area contributed by atoms with E-state index in [1.807, 2.05) is 0 Å². The van der Waals surface area contributed by atoms with Gasteiger partial charge in [0.25, 0.3) is 0 Å². The monoisotopic (exact) mass is 319 g/mol. The summed E-state index contributed by atoms with van der Waals surface area (Å²) in [5, 5.41) is 9.43. The minimum atomic E-state index is -3.73. The zero-order valence-corrected chi connectivity index (χ0v) is 13.0. The number of hydrogen-bond acceptors (Lipinski definition) is 7. The maximum atomic E-state index is 12.2. The van der Waals surface area contributed by atoms with Gasteiger partial charge in [0.05, 0.1) is 22.5 Å². The Bertz CT molecular complexity index is 565. The molecule has 6 nitrogen and oxygen atoms in total. The van der Waals surface area contributed by atoms with Crippen molar-refractivity contribution in [2.75, 3.05) is 6.61 Å². The highest BCUT2D eigenvalue weighted by molar-refractivity contribution is 8.71. The predicted octanol–water partition coefficient (Wildman–Crippen LogP) is 1.11. The van der Waals surface area contributed by atoms with Crippen molar-refractivity contribution in [3.63, 3.8) is 0 Å². The molecular formula is C12H17NO5S2. The summed E-state index contributed by atoms with van der Waals surface area (Å²) >= 11 is 0. The molecule has 20 heavy (non-hydrogen) atoms. The number of nitrogens with one attached hydrogen (secondary N) is 1. The van der Waals surface area contributed by atoms with Crippen LogP contribution in [-0.2, 0) is 18.4 Å². The average Bonchev–Trinajstić information content (AvgIpc) is 2.35. The molecule has 0 bridgehead atoms. The SMILES string of the molecule is CCOC(=O)C(O)NSS(=O)(=O)c1c(C)cccc1C. The minimum Gasteiger partial charge on any atom is -0.463 e. The van der Waals surface area contributed by atoms with Crippen molar-refractivity contribution in [1.29, 1.82) is 0 Å². The number of aliphatic hydroxyl groups is 1. The van der Waals surface area contributed by atoms with Crippen LogP contribution in [0, 0.1) is 13.8 Å². The third kappa shape index (κ3) is 4.20. The highest BCUT2D eigenvalue weighted by atomic mass is 33.1. The number of carbonyl (C=O) groups is 1. The van der Waals surface area contributed by atoms with Crippen molar-refractivity contribution < 1.29 is 23.1 Å². The summed E-state index contributed by atoms with van der Waals surface area (Å²) in [6.45, 7) is 5.06. The van der Waals surface area contributed by atoms with Gasteiger partial charge in [0.15, 0.2) is 0 Å². The number of carbonyl (C=O) groups excluding carboxylic acids is 1. The molecule has 1 atom stereocenters. The lowest BCUT2D eigenvalue weighted by molar-refractivity contribution is -0.153. The molecule has 1 unspecified atom stereocenters. The van der Waals surface area contributed by atoms with Crippen LogP contribution in [0.4, 0.5) is 0 Å². The van der Waals surface area contributed by atoms with Gasteiger partial charge in [-0.25, -0.2) is 17.9 Å². The molecule has 0 spiro atoms. The second-order valence-corrected chi connectivity index (χ2v) is 7.57. The number of aryl methyl sites for hydroxylation is 2. The van der Waals surface area contributed by atoms with Crippen LogP contribution in [0.2, 0.25) is 0 Å². The summed E-state index contributed by atoms with van der Waals surface area (Å²) in [4.78, 5) is 11.4. The van der Waals surface area contributed by atoms with E-state index >= 15 is 0 Å². The molecule has 2 N–H and O–H groups in total. The highest BCUT2D eigenvalue weighted by Crippen LogP contribution is 2.27. The third-order valence-corrected chi connectivity index (χ3v) is 5.57. The second-order valence-electron chi connectivity index (χ2n) is 4.03. The second kappa shape index (κ2) is 7.07. The fourth-order valence-corrected chi connectivity index (χ4v) is 4.63. The third-order valence-electron chi connectivity index (χ3n) is 2.44. The standard InChI is InChI=1S/C12H17NO5S2/c1-4-18-12(15)11(14)13-19-20(16,17)10-8(2)6-5-7-9(10)3/h5-7,11,13-14H,4H2,1-3H3. The van der Waals surface area contributed by atoms with Crippen molar-refractivity contribution in [1.82, 2.24) is 4.72 Å².